The van der Waals surface area contributed by atoms with E-state index in [9.17, 15) is 18.0 Å². The number of aliphatic carboxylic acids is 1. The lowest BCUT2D eigenvalue weighted by atomic mass is 10.2. The number of anilines is 1. The van der Waals surface area contributed by atoms with E-state index in [-0.39, 0.29) is 29.6 Å². The Morgan fingerprint density at radius 1 is 1.37 bits per heavy atom. The van der Waals surface area contributed by atoms with Gasteiger partial charge in [-0.15, -0.1) is 0 Å². The molecule has 0 aliphatic carbocycles. The molecule has 0 bridgehead atoms. The van der Waals surface area contributed by atoms with Gasteiger partial charge in [-0.1, -0.05) is 23.4 Å². The van der Waals surface area contributed by atoms with Crippen molar-refractivity contribution in [1.82, 2.24) is 0 Å². The minimum absolute atomic E-state index is 0.00987. The van der Waals surface area contributed by atoms with Crippen LogP contribution in [-0.2, 0) is 19.4 Å². The van der Waals surface area contributed by atoms with Crippen molar-refractivity contribution >= 4 is 55.9 Å². The number of hydrogen-bond donors (Lipinski definition) is 1. The number of thioether (sulfide) groups is 1. The summed E-state index contributed by atoms with van der Waals surface area (Å²) >= 11 is 7.31. The Bertz CT molecular complexity index is 917. The van der Waals surface area contributed by atoms with E-state index in [0.717, 1.165) is 0 Å². The number of nitrogens with zero attached hydrogens (tertiary/aromatic N) is 2. The second-order valence-electron chi connectivity index (χ2n) is 6.17. The molecule has 11 heteroatoms. The third kappa shape index (κ3) is 4.39. The first-order valence-corrected chi connectivity index (χ1v) is 11.1. The zero-order valence-electron chi connectivity index (χ0n) is 14.3. The van der Waals surface area contributed by atoms with E-state index in [4.69, 9.17) is 21.4 Å². The molecule has 0 aromatic heterocycles. The van der Waals surface area contributed by atoms with E-state index >= 15 is 0 Å². The van der Waals surface area contributed by atoms with Crippen LogP contribution in [-0.4, -0.2) is 60.5 Å². The van der Waals surface area contributed by atoms with E-state index in [0.29, 0.717) is 21.6 Å². The first kappa shape index (κ1) is 20.0. The second kappa shape index (κ2) is 7.69. The fraction of sp³-hybridized carbons (Fsp3) is 0.438. The number of carboxylic acids is 1. The molecule has 2 aliphatic heterocycles. The van der Waals surface area contributed by atoms with Crippen LogP contribution in [0.15, 0.2) is 23.2 Å². The number of aliphatic imine (C=N–C) groups is 1. The van der Waals surface area contributed by atoms with Crippen molar-refractivity contribution in [3.05, 3.63) is 23.2 Å². The van der Waals surface area contributed by atoms with Gasteiger partial charge in [0.2, 0.25) is 5.91 Å². The summed E-state index contributed by atoms with van der Waals surface area (Å²) in [5.74, 6) is -1.27. The molecule has 1 aromatic carbocycles. The average Bonchev–Trinajstić information content (AvgIpc) is 3.03. The number of benzene rings is 1. The Balaban J connectivity index is 2.00. The van der Waals surface area contributed by atoms with Gasteiger partial charge in [-0.2, -0.15) is 4.99 Å². The summed E-state index contributed by atoms with van der Waals surface area (Å²) in [7, 11) is -1.72. The van der Waals surface area contributed by atoms with Gasteiger partial charge in [-0.25, -0.2) is 8.42 Å². The molecule has 8 nitrogen and oxygen atoms in total. The van der Waals surface area contributed by atoms with E-state index in [1.54, 1.807) is 23.1 Å². The quantitative estimate of drug-likeness (QED) is 0.749. The number of rotatable bonds is 5. The number of carboxylic acid groups (broad SMARTS) is 1. The fourth-order valence-corrected chi connectivity index (χ4v) is 7.16. The number of ether oxygens (including phenoxy) is 1. The van der Waals surface area contributed by atoms with Crippen LogP contribution in [0.1, 0.15) is 12.8 Å². The topological polar surface area (TPSA) is 113 Å². The summed E-state index contributed by atoms with van der Waals surface area (Å²) in [5.41, 5.74) is 0.520. The lowest BCUT2D eigenvalue weighted by Crippen LogP contribution is -2.38. The highest BCUT2D eigenvalue weighted by Gasteiger charge is 2.50. The summed E-state index contributed by atoms with van der Waals surface area (Å²) in [5, 5.41) is 9.21. The van der Waals surface area contributed by atoms with Crippen LogP contribution in [0.2, 0.25) is 5.02 Å². The minimum Gasteiger partial charge on any atom is -0.495 e. The first-order valence-electron chi connectivity index (χ1n) is 8.03. The molecule has 2 atom stereocenters. The van der Waals surface area contributed by atoms with Crippen LogP contribution >= 0.6 is 23.4 Å². The molecular weight excluding hydrogens is 416 g/mol. The van der Waals surface area contributed by atoms with Crippen molar-refractivity contribution in [1.29, 1.82) is 0 Å². The Hall–Kier alpha value is -1.78. The van der Waals surface area contributed by atoms with Gasteiger partial charge < -0.3 is 14.7 Å². The Labute approximate surface area is 165 Å². The SMILES string of the molecule is COc1ccc(Cl)cc1N1C(=NC(=O)CCC(=O)O)S[C@@H]2CS(=O)(=O)C[C@@H]21. The lowest BCUT2D eigenvalue weighted by molar-refractivity contribution is -0.138. The number of methoxy groups -OCH3 is 1. The number of hydrogen-bond acceptors (Lipinski definition) is 6. The standard InChI is InChI=1S/C16H17ClN2O6S2/c1-25-12-3-2-9(17)6-10(12)19-11-7-27(23,24)8-13(11)26-16(19)18-14(20)4-5-15(21)22/h2-3,6,11,13H,4-5,7-8H2,1H3,(H,21,22)/t11-,13+/m0/s1. The minimum atomic E-state index is -3.20. The van der Waals surface area contributed by atoms with Gasteiger partial charge in [-0.05, 0) is 18.2 Å². The van der Waals surface area contributed by atoms with Crippen LogP contribution in [0, 0.1) is 0 Å². The zero-order chi connectivity index (χ0) is 19.8. The maximum absolute atomic E-state index is 12.1. The zero-order valence-corrected chi connectivity index (χ0v) is 16.7. The molecule has 0 spiro atoms. The molecule has 0 unspecified atom stereocenters. The maximum Gasteiger partial charge on any atom is 0.303 e. The fourth-order valence-electron chi connectivity index (χ4n) is 3.07. The second-order valence-corrected chi connectivity index (χ2v) is 9.97. The molecule has 146 valence electrons. The van der Waals surface area contributed by atoms with Gasteiger partial charge in [0.15, 0.2) is 15.0 Å². The highest BCUT2D eigenvalue weighted by molar-refractivity contribution is 8.16. The van der Waals surface area contributed by atoms with Gasteiger partial charge in [0, 0.05) is 16.7 Å². The summed E-state index contributed by atoms with van der Waals surface area (Å²) in [6.45, 7) is 0. The highest BCUT2D eigenvalue weighted by atomic mass is 35.5. The molecule has 2 aliphatic rings. The predicted molar refractivity (Wildman–Crippen MR) is 104 cm³/mol. The molecule has 1 aromatic rings. The van der Waals surface area contributed by atoms with Crippen LogP contribution in [0.25, 0.3) is 0 Å². The monoisotopic (exact) mass is 432 g/mol. The van der Waals surface area contributed by atoms with E-state index in [1.807, 2.05) is 0 Å². The third-order valence-corrected chi connectivity index (χ3v) is 7.68. The third-order valence-electron chi connectivity index (χ3n) is 4.24. The molecular formula is C16H17ClN2O6S2. The molecule has 2 saturated heterocycles. The number of amidine groups is 1. The van der Waals surface area contributed by atoms with Gasteiger partial charge in [0.25, 0.3) is 0 Å². The average molecular weight is 433 g/mol. The van der Waals surface area contributed by atoms with Crippen LogP contribution in [0.5, 0.6) is 5.75 Å². The summed E-state index contributed by atoms with van der Waals surface area (Å²) < 4.78 is 29.5. The van der Waals surface area contributed by atoms with Crippen molar-refractivity contribution in [3.63, 3.8) is 0 Å². The summed E-state index contributed by atoms with van der Waals surface area (Å²) in [4.78, 5) is 28.5. The highest BCUT2D eigenvalue weighted by Crippen LogP contribution is 2.44. The molecule has 0 radical (unpaired) electrons. The predicted octanol–water partition coefficient (Wildman–Crippen LogP) is 1.81. The smallest absolute Gasteiger partial charge is 0.303 e. The Morgan fingerprint density at radius 2 is 2.11 bits per heavy atom. The number of carbonyl (C=O) groups is 2. The molecule has 2 fully saturated rings. The number of fused-ring (bicyclic) bond motifs is 1. The molecule has 1 amide bonds. The van der Waals surface area contributed by atoms with Crippen molar-refractivity contribution in [2.45, 2.75) is 24.1 Å². The van der Waals surface area contributed by atoms with Crippen molar-refractivity contribution in [3.8, 4) is 5.75 Å². The number of halogens is 1. The van der Waals surface area contributed by atoms with Crippen molar-refractivity contribution < 1.29 is 27.9 Å². The van der Waals surface area contributed by atoms with Gasteiger partial charge >= 0.3 is 5.97 Å². The largest absolute Gasteiger partial charge is 0.495 e. The van der Waals surface area contributed by atoms with Gasteiger partial charge in [-0.3, -0.25) is 9.59 Å². The van der Waals surface area contributed by atoms with Gasteiger partial charge in [0.1, 0.15) is 5.75 Å². The molecule has 1 N–H and O–H groups in total. The van der Waals surface area contributed by atoms with Crippen molar-refractivity contribution in [2.24, 2.45) is 4.99 Å². The van der Waals surface area contributed by atoms with E-state index in [2.05, 4.69) is 4.99 Å². The number of amides is 1. The molecule has 3 rings (SSSR count). The normalized spacial score (nSPS) is 24.8. The van der Waals surface area contributed by atoms with E-state index < -0.39 is 27.8 Å². The molecule has 0 saturated carbocycles. The van der Waals surface area contributed by atoms with Crippen LogP contribution < -0.4 is 9.64 Å². The van der Waals surface area contributed by atoms with Crippen molar-refractivity contribution in [2.75, 3.05) is 23.5 Å². The summed E-state index contributed by atoms with van der Waals surface area (Å²) in [6.07, 6.45) is -0.546. The van der Waals surface area contributed by atoms with E-state index in [1.165, 1.54) is 18.9 Å². The van der Waals surface area contributed by atoms with Crippen LogP contribution in [0.3, 0.4) is 0 Å². The number of sulfone groups is 1. The molecule has 27 heavy (non-hydrogen) atoms. The summed E-state index contributed by atoms with van der Waals surface area (Å²) in [6, 6.07) is 4.53. The number of carbonyl (C=O) groups excluding carboxylic acids is 1. The Morgan fingerprint density at radius 3 is 2.78 bits per heavy atom. The van der Waals surface area contributed by atoms with Crippen LogP contribution in [0.4, 0.5) is 5.69 Å². The molecule has 2 heterocycles. The Kier molecular flexibility index (Phi) is 5.68. The lowest BCUT2D eigenvalue weighted by Gasteiger charge is -2.26. The first-order chi connectivity index (χ1) is 12.7. The maximum atomic E-state index is 12.1. The van der Waals surface area contributed by atoms with Gasteiger partial charge in [0.05, 0.1) is 36.8 Å².